The number of imide groups is 1. The Morgan fingerprint density at radius 3 is 2.44 bits per heavy atom. The number of aromatic nitrogens is 1. The quantitative estimate of drug-likeness (QED) is 0.675. The molecule has 25 heavy (non-hydrogen) atoms. The van der Waals surface area contributed by atoms with Crippen LogP contribution in [0.15, 0.2) is 35.2 Å². The summed E-state index contributed by atoms with van der Waals surface area (Å²) in [5.74, 6) is -0.755. The van der Waals surface area contributed by atoms with Crippen LogP contribution in [0, 0.1) is 13.8 Å². The van der Waals surface area contributed by atoms with Gasteiger partial charge in [0.1, 0.15) is 0 Å². The lowest BCUT2D eigenvalue weighted by atomic mass is 10.2. The number of hydrogen-bond acceptors (Lipinski definition) is 5. The Morgan fingerprint density at radius 2 is 1.88 bits per heavy atom. The van der Waals surface area contributed by atoms with Crippen molar-refractivity contribution in [3.05, 3.63) is 57.8 Å². The van der Waals surface area contributed by atoms with Crippen molar-refractivity contribution < 1.29 is 19.1 Å². The second-order valence-electron chi connectivity index (χ2n) is 5.55. The molecule has 0 atom stereocenters. The fourth-order valence-electron chi connectivity index (χ4n) is 2.76. The van der Waals surface area contributed by atoms with Crippen LogP contribution in [0.2, 0.25) is 0 Å². The molecule has 6 nitrogen and oxygen atoms in total. The van der Waals surface area contributed by atoms with E-state index in [0.717, 1.165) is 34.4 Å². The molecule has 1 fully saturated rings. The van der Waals surface area contributed by atoms with E-state index in [1.165, 1.54) is 7.11 Å². The molecular weight excluding hydrogens is 340 g/mol. The van der Waals surface area contributed by atoms with Crippen molar-refractivity contribution in [2.75, 3.05) is 7.11 Å². The number of nitrogens with one attached hydrogen (secondary N) is 1. The summed E-state index contributed by atoms with van der Waals surface area (Å²) in [6.07, 6.45) is 1.71. The summed E-state index contributed by atoms with van der Waals surface area (Å²) >= 11 is 0.897. The normalized spacial score (nSPS) is 15.6. The number of esters is 1. The molecule has 0 aliphatic carbocycles. The van der Waals surface area contributed by atoms with E-state index in [9.17, 15) is 14.4 Å². The van der Waals surface area contributed by atoms with Crippen LogP contribution in [0.1, 0.15) is 27.3 Å². The molecule has 0 saturated carbocycles. The van der Waals surface area contributed by atoms with Crippen LogP contribution in [0.25, 0.3) is 11.8 Å². The van der Waals surface area contributed by atoms with Crippen molar-refractivity contribution in [3.8, 4) is 5.69 Å². The zero-order valence-electron chi connectivity index (χ0n) is 14.0. The molecule has 128 valence electrons. The number of benzene rings is 1. The standard InChI is InChI=1S/C18H16N2O4S/c1-10-8-13(9-15-16(21)19-18(23)25-15)11(2)20(10)14-6-4-12(5-7-14)17(22)24-3/h4-9H,1-3H3,(H,19,21,23)/b15-9-. The molecule has 3 rings (SSSR count). The summed E-state index contributed by atoms with van der Waals surface area (Å²) in [6, 6.07) is 9.04. The highest BCUT2D eigenvalue weighted by Gasteiger charge is 2.25. The molecule has 2 heterocycles. The minimum absolute atomic E-state index is 0.358. The number of carbonyl (C=O) groups excluding carboxylic acids is 3. The van der Waals surface area contributed by atoms with Gasteiger partial charge in [-0.05, 0) is 67.6 Å². The Bertz CT molecular complexity index is 910. The number of methoxy groups -OCH3 is 1. The molecule has 2 aromatic rings. The Labute approximate surface area is 148 Å². The van der Waals surface area contributed by atoms with Crippen LogP contribution in [-0.4, -0.2) is 28.8 Å². The van der Waals surface area contributed by atoms with Crippen molar-refractivity contribution in [1.29, 1.82) is 0 Å². The first kappa shape index (κ1) is 17.0. The molecule has 1 N–H and O–H groups in total. The van der Waals surface area contributed by atoms with E-state index in [0.29, 0.717) is 10.5 Å². The molecule has 1 aromatic carbocycles. The highest BCUT2D eigenvalue weighted by atomic mass is 32.2. The maximum Gasteiger partial charge on any atom is 0.337 e. The highest BCUT2D eigenvalue weighted by Crippen LogP contribution is 2.29. The van der Waals surface area contributed by atoms with Gasteiger partial charge in [-0.25, -0.2) is 4.79 Å². The van der Waals surface area contributed by atoms with E-state index in [2.05, 4.69) is 5.32 Å². The van der Waals surface area contributed by atoms with Gasteiger partial charge in [-0.1, -0.05) is 0 Å². The summed E-state index contributed by atoms with van der Waals surface area (Å²) in [6.45, 7) is 3.89. The number of aryl methyl sites for hydroxylation is 1. The minimum Gasteiger partial charge on any atom is -0.465 e. The summed E-state index contributed by atoms with van der Waals surface area (Å²) < 4.78 is 6.73. The molecule has 1 aromatic heterocycles. The molecular formula is C18H16N2O4S. The lowest BCUT2D eigenvalue weighted by Crippen LogP contribution is -2.17. The Hall–Kier alpha value is -2.80. The smallest absolute Gasteiger partial charge is 0.337 e. The van der Waals surface area contributed by atoms with Crippen LogP contribution in [-0.2, 0) is 9.53 Å². The minimum atomic E-state index is -0.383. The fourth-order valence-corrected chi connectivity index (χ4v) is 3.43. The van der Waals surface area contributed by atoms with E-state index >= 15 is 0 Å². The average molecular weight is 356 g/mol. The monoisotopic (exact) mass is 356 g/mol. The molecule has 0 unspecified atom stereocenters. The van der Waals surface area contributed by atoms with Gasteiger partial charge >= 0.3 is 5.97 Å². The van der Waals surface area contributed by atoms with Crippen molar-refractivity contribution in [1.82, 2.24) is 9.88 Å². The van der Waals surface area contributed by atoms with E-state index in [-0.39, 0.29) is 17.1 Å². The lowest BCUT2D eigenvalue weighted by molar-refractivity contribution is -0.115. The predicted octanol–water partition coefficient (Wildman–Crippen LogP) is 3.20. The van der Waals surface area contributed by atoms with Gasteiger partial charge in [-0.15, -0.1) is 0 Å². The fraction of sp³-hybridized carbons (Fsp3) is 0.167. The van der Waals surface area contributed by atoms with Gasteiger partial charge in [0, 0.05) is 17.1 Å². The van der Waals surface area contributed by atoms with Crippen molar-refractivity contribution in [2.24, 2.45) is 0 Å². The first-order valence-electron chi connectivity index (χ1n) is 7.53. The van der Waals surface area contributed by atoms with E-state index < -0.39 is 0 Å². The van der Waals surface area contributed by atoms with Gasteiger partial charge < -0.3 is 9.30 Å². The maximum absolute atomic E-state index is 11.7. The predicted molar refractivity (Wildman–Crippen MR) is 95.7 cm³/mol. The zero-order valence-corrected chi connectivity index (χ0v) is 14.8. The van der Waals surface area contributed by atoms with Gasteiger partial charge in [0.25, 0.3) is 11.1 Å². The molecule has 2 amide bonds. The van der Waals surface area contributed by atoms with Crippen LogP contribution < -0.4 is 5.32 Å². The van der Waals surface area contributed by atoms with Crippen LogP contribution in [0.3, 0.4) is 0 Å². The zero-order chi connectivity index (χ0) is 18.1. The first-order valence-corrected chi connectivity index (χ1v) is 8.35. The van der Waals surface area contributed by atoms with Crippen molar-refractivity contribution in [3.63, 3.8) is 0 Å². The third-order valence-electron chi connectivity index (χ3n) is 3.95. The summed E-state index contributed by atoms with van der Waals surface area (Å²) in [5, 5.41) is 1.89. The summed E-state index contributed by atoms with van der Waals surface area (Å²) in [4.78, 5) is 34.9. The highest BCUT2D eigenvalue weighted by molar-refractivity contribution is 8.18. The van der Waals surface area contributed by atoms with Crippen LogP contribution in [0.5, 0.6) is 0 Å². The molecule has 0 bridgehead atoms. The Kier molecular flexibility index (Phi) is 4.50. The number of carbonyl (C=O) groups is 3. The van der Waals surface area contributed by atoms with Gasteiger partial charge in [0.15, 0.2) is 0 Å². The topological polar surface area (TPSA) is 77.4 Å². The third kappa shape index (κ3) is 3.23. The average Bonchev–Trinajstić information content (AvgIpc) is 3.05. The Morgan fingerprint density at radius 1 is 1.20 bits per heavy atom. The third-order valence-corrected chi connectivity index (χ3v) is 4.76. The number of hydrogen-bond donors (Lipinski definition) is 1. The van der Waals surface area contributed by atoms with Gasteiger partial charge in [-0.3, -0.25) is 14.9 Å². The maximum atomic E-state index is 11.7. The summed E-state index contributed by atoms with van der Waals surface area (Å²) in [7, 11) is 1.35. The number of nitrogens with zero attached hydrogens (tertiary/aromatic N) is 1. The molecule has 1 aliphatic rings. The van der Waals surface area contributed by atoms with E-state index in [1.54, 1.807) is 18.2 Å². The van der Waals surface area contributed by atoms with Gasteiger partial charge in [-0.2, -0.15) is 0 Å². The summed E-state index contributed by atoms with van der Waals surface area (Å²) in [5.41, 5.74) is 4.15. The second-order valence-corrected chi connectivity index (χ2v) is 6.57. The van der Waals surface area contributed by atoms with Gasteiger partial charge in [0.2, 0.25) is 0 Å². The van der Waals surface area contributed by atoms with Crippen LogP contribution >= 0.6 is 11.8 Å². The SMILES string of the molecule is COC(=O)c1ccc(-n2c(C)cc(/C=C3\SC(=O)NC3=O)c2C)cc1. The second kappa shape index (κ2) is 6.60. The van der Waals surface area contributed by atoms with Crippen LogP contribution in [0.4, 0.5) is 4.79 Å². The van der Waals surface area contributed by atoms with Crippen molar-refractivity contribution >= 4 is 35.0 Å². The first-order chi connectivity index (χ1) is 11.9. The Balaban J connectivity index is 1.98. The molecule has 1 aliphatic heterocycles. The van der Waals surface area contributed by atoms with Crippen molar-refractivity contribution in [2.45, 2.75) is 13.8 Å². The molecule has 0 radical (unpaired) electrons. The number of rotatable bonds is 3. The number of amides is 2. The number of ether oxygens (including phenoxy) is 1. The lowest BCUT2D eigenvalue weighted by Gasteiger charge is -2.10. The largest absolute Gasteiger partial charge is 0.465 e. The molecule has 7 heteroatoms. The van der Waals surface area contributed by atoms with E-state index in [4.69, 9.17) is 4.74 Å². The molecule has 0 spiro atoms. The van der Waals surface area contributed by atoms with E-state index in [1.807, 2.05) is 36.6 Å². The molecule has 1 saturated heterocycles. The van der Waals surface area contributed by atoms with Gasteiger partial charge in [0.05, 0.1) is 17.6 Å². The number of thioether (sulfide) groups is 1.